The lowest BCUT2D eigenvalue weighted by Crippen LogP contribution is -2.09. The normalized spacial score (nSPS) is 11.1. The highest BCUT2D eigenvalue weighted by molar-refractivity contribution is 6.09. The lowest BCUT2D eigenvalue weighted by molar-refractivity contribution is 0.670. The molecule has 1 aromatic heterocycles. The van der Waals surface area contributed by atoms with Gasteiger partial charge in [-0.05, 0) is 109 Å². The molecule has 2 heteroatoms. The standard InChI is InChI=1S/C58H39NO.CH4/c1-2-11-40(12-3-1)47-15-8-16-48(39-47)43-29-35-50(36-30-43)59(51-37-31-45(32-38-51)53-19-9-14-44-13-4-5-17-52(44)53)49-33-27-42(28-34-49)41-23-25-46(26-24-41)54-20-10-21-56-55-18-6-7-22-57(55)60-58(54)56;/h1-39H;1H4. The van der Waals surface area contributed by atoms with Gasteiger partial charge in [0, 0.05) is 33.4 Å². The Morgan fingerprint density at radius 1 is 0.279 bits per heavy atom. The van der Waals surface area contributed by atoms with Crippen LogP contribution in [0.3, 0.4) is 0 Å². The lowest BCUT2D eigenvalue weighted by atomic mass is 9.97. The van der Waals surface area contributed by atoms with Crippen molar-refractivity contribution in [1.82, 2.24) is 0 Å². The van der Waals surface area contributed by atoms with Gasteiger partial charge in [-0.3, -0.25) is 0 Å². The Kier molecular flexibility index (Phi) is 9.80. The van der Waals surface area contributed by atoms with Crippen molar-refractivity contribution in [3.8, 4) is 55.6 Å². The molecule has 0 aliphatic heterocycles. The molecule has 0 radical (unpaired) electrons. The van der Waals surface area contributed by atoms with Gasteiger partial charge in [0.05, 0.1) is 0 Å². The van der Waals surface area contributed by atoms with E-state index in [1.165, 1.54) is 44.2 Å². The van der Waals surface area contributed by atoms with Gasteiger partial charge in [0.15, 0.2) is 0 Å². The largest absolute Gasteiger partial charge is 0.455 e. The number of hydrogen-bond acceptors (Lipinski definition) is 2. The summed E-state index contributed by atoms with van der Waals surface area (Å²) in [7, 11) is 0. The van der Waals surface area contributed by atoms with Crippen molar-refractivity contribution in [2.45, 2.75) is 7.43 Å². The molecule has 0 saturated heterocycles. The zero-order chi connectivity index (χ0) is 39.8. The summed E-state index contributed by atoms with van der Waals surface area (Å²) < 4.78 is 6.35. The molecule has 0 unspecified atom stereocenters. The SMILES string of the molecule is C.c1ccc(-c2cccc(-c3ccc(N(c4ccc(-c5ccc(-c6cccc7c6oc6ccccc67)cc5)cc4)c4ccc(-c5cccc6ccccc56)cc4)cc3)c2)cc1. The van der Waals surface area contributed by atoms with Crippen LogP contribution in [0.15, 0.2) is 241 Å². The highest BCUT2D eigenvalue weighted by atomic mass is 16.3. The van der Waals surface area contributed by atoms with Gasteiger partial charge in [0.2, 0.25) is 0 Å². The van der Waals surface area contributed by atoms with Crippen LogP contribution in [0.4, 0.5) is 17.1 Å². The van der Waals surface area contributed by atoms with Crippen molar-refractivity contribution < 1.29 is 4.42 Å². The number of nitrogens with zero attached hydrogens (tertiary/aromatic N) is 1. The van der Waals surface area contributed by atoms with Gasteiger partial charge >= 0.3 is 0 Å². The van der Waals surface area contributed by atoms with Gasteiger partial charge in [-0.25, -0.2) is 0 Å². The highest BCUT2D eigenvalue weighted by Gasteiger charge is 2.16. The Balaban J connectivity index is 0.00000445. The molecule has 61 heavy (non-hydrogen) atoms. The maximum atomic E-state index is 6.35. The van der Waals surface area contributed by atoms with E-state index in [0.717, 1.165) is 61.3 Å². The second-order valence-electron chi connectivity index (χ2n) is 15.3. The van der Waals surface area contributed by atoms with E-state index in [4.69, 9.17) is 4.42 Å². The van der Waals surface area contributed by atoms with Crippen LogP contribution in [0, 0.1) is 0 Å². The topological polar surface area (TPSA) is 16.4 Å². The molecule has 0 spiro atoms. The van der Waals surface area contributed by atoms with E-state index in [9.17, 15) is 0 Å². The second-order valence-corrected chi connectivity index (χ2v) is 15.3. The van der Waals surface area contributed by atoms with Crippen molar-refractivity contribution in [1.29, 1.82) is 0 Å². The van der Waals surface area contributed by atoms with Gasteiger partial charge in [-0.2, -0.15) is 0 Å². The van der Waals surface area contributed by atoms with Gasteiger partial charge in [-0.15, -0.1) is 0 Å². The monoisotopic (exact) mass is 781 g/mol. The first-order valence-corrected chi connectivity index (χ1v) is 20.5. The molecule has 0 aliphatic rings. The fourth-order valence-electron chi connectivity index (χ4n) is 8.65. The summed E-state index contributed by atoms with van der Waals surface area (Å²) in [5, 5.41) is 4.79. The predicted molar refractivity (Wildman–Crippen MR) is 260 cm³/mol. The van der Waals surface area contributed by atoms with Crippen molar-refractivity contribution >= 4 is 49.8 Å². The van der Waals surface area contributed by atoms with Crippen LogP contribution >= 0.6 is 0 Å². The fraction of sp³-hybridized carbons (Fsp3) is 0.0169. The summed E-state index contributed by atoms with van der Waals surface area (Å²) in [6.45, 7) is 0. The Morgan fingerprint density at radius 2 is 0.689 bits per heavy atom. The number of furan rings is 1. The smallest absolute Gasteiger partial charge is 0.143 e. The molecule has 0 atom stereocenters. The molecule has 0 amide bonds. The van der Waals surface area contributed by atoms with Crippen LogP contribution in [0.1, 0.15) is 7.43 Å². The number of fused-ring (bicyclic) bond motifs is 4. The Hall–Kier alpha value is -7.94. The van der Waals surface area contributed by atoms with Crippen molar-refractivity contribution in [2.75, 3.05) is 4.90 Å². The van der Waals surface area contributed by atoms with E-state index in [-0.39, 0.29) is 7.43 Å². The first-order valence-electron chi connectivity index (χ1n) is 20.5. The summed E-state index contributed by atoms with van der Waals surface area (Å²) in [5.41, 5.74) is 16.9. The van der Waals surface area contributed by atoms with Crippen molar-refractivity contribution in [2.24, 2.45) is 0 Å². The first-order chi connectivity index (χ1) is 29.7. The predicted octanol–water partition coefficient (Wildman–Crippen LogP) is 17.2. The van der Waals surface area contributed by atoms with Crippen LogP contribution in [0.5, 0.6) is 0 Å². The first kappa shape index (κ1) is 37.3. The summed E-state index contributed by atoms with van der Waals surface area (Å²) in [6, 6.07) is 84.8. The molecule has 2 nitrogen and oxygen atoms in total. The molecule has 10 aromatic carbocycles. The molecular weight excluding hydrogens is 739 g/mol. The summed E-state index contributed by atoms with van der Waals surface area (Å²) >= 11 is 0. The molecule has 290 valence electrons. The van der Waals surface area contributed by atoms with Gasteiger partial charge in [-0.1, -0.05) is 195 Å². The molecular formula is C59H43NO. The average molecular weight is 782 g/mol. The third kappa shape index (κ3) is 7.05. The van der Waals surface area contributed by atoms with Crippen molar-refractivity contribution in [3.63, 3.8) is 0 Å². The van der Waals surface area contributed by atoms with E-state index in [1.54, 1.807) is 0 Å². The zero-order valence-corrected chi connectivity index (χ0v) is 32.9. The molecule has 0 aliphatic carbocycles. The fourth-order valence-corrected chi connectivity index (χ4v) is 8.65. The minimum absolute atomic E-state index is 0. The van der Waals surface area contributed by atoms with Crippen LogP contribution < -0.4 is 4.90 Å². The third-order valence-corrected chi connectivity index (χ3v) is 11.7. The Bertz CT molecular complexity index is 3270. The van der Waals surface area contributed by atoms with Gasteiger partial charge < -0.3 is 9.32 Å². The van der Waals surface area contributed by atoms with E-state index in [0.29, 0.717) is 0 Å². The summed E-state index contributed by atoms with van der Waals surface area (Å²) in [6.07, 6.45) is 0. The minimum Gasteiger partial charge on any atom is -0.455 e. The van der Waals surface area contributed by atoms with Crippen LogP contribution in [0.25, 0.3) is 88.3 Å². The third-order valence-electron chi connectivity index (χ3n) is 11.7. The summed E-state index contributed by atoms with van der Waals surface area (Å²) in [5.74, 6) is 0. The van der Waals surface area contributed by atoms with Crippen LogP contribution in [0.2, 0.25) is 0 Å². The molecule has 11 rings (SSSR count). The van der Waals surface area contributed by atoms with E-state index < -0.39 is 0 Å². The molecule has 0 fully saturated rings. The number of rotatable bonds is 8. The molecule has 11 aromatic rings. The maximum Gasteiger partial charge on any atom is 0.143 e. The average Bonchev–Trinajstić information content (AvgIpc) is 3.72. The molecule has 1 heterocycles. The van der Waals surface area contributed by atoms with E-state index >= 15 is 0 Å². The molecule has 0 saturated carbocycles. The highest BCUT2D eigenvalue weighted by Crippen LogP contribution is 2.40. The van der Waals surface area contributed by atoms with Crippen LogP contribution in [-0.4, -0.2) is 0 Å². The zero-order valence-electron chi connectivity index (χ0n) is 32.9. The maximum absolute atomic E-state index is 6.35. The van der Waals surface area contributed by atoms with E-state index in [1.807, 2.05) is 12.1 Å². The lowest BCUT2D eigenvalue weighted by Gasteiger charge is -2.26. The molecule has 0 bridgehead atoms. The summed E-state index contributed by atoms with van der Waals surface area (Å²) in [4.78, 5) is 2.35. The number of hydrogen-bond donors (Lipinski definition) is 0. The quantitative estimate of drug-likeness (QED) is 0.153. The van der Waals surface area contributed by atoms with Gasteiger partial charge in [0.25, 0.3) is 0 Å². The molecule has 0 N–H and O–H groups in total. The number of para-hydroxylation sites is 2. The number of benzene rings is 10. The second kappa shape index (κ2) is 16.0. The Labute approximate surface area is 357 Å². The van der Waals surface area contributed by atoms with Crippen LogP contribution in [-0.2, 0) is 0 Å². The van der Waals surface area contributed by atoms with E-state index in [2.05, 4.69) is 229 Å². The van der Waals surface area contributed by atoms with Crippen molar-refractivity contribution in [3.05, 3.63) is 237 Å². The minimum atomic E-state index is 0. The van der Waals surface area contributed by atoms with Gasteiger partial charge in [0.1, 0.15) is 11.2 Å². The Morgan fingerprint density at radius 3 is 1.36 bits per heavy atom. The number of anilines is 3.